The molecule has 0 saturated carbocycles. The summed E-state index contributed by atoms with van der Waals surface area (Å²) >= 11 is 0. The van der Waals surface area contributed by atoms with Crippen molar-refractivity contribution in [3.8, 4) is 23.0 Å². The fraction of sp³-hybridized carbons (Fsp3) is 0.520. The molecular formula is C25H34O12. The van der Waals surface area contributed by atoms with E-state index in [1.54, 1.807) is 6.07 Å². The van der Waals surface area contributed by atoms with E-state index in [0.29, 0.717) is 18.4 Å². The van der Waals surface area contributed by atoms with Crippen molar-refractivity contribution in [2.75, 3.05) is 26.9 Å². The minimum atomic E-state index is -1.52. The van der Waals surface area contributed by atoms with Crippen LogP contribution in [0.2, 0.25) is 0 Å². The average Bonchev–Trinajstić information content (AvgIpc) is 2.90. The van der Waals surface area contributed by atoms with Crippen molar-refractivity contribution >= 4 is 0 Å². The van der Waals surface area contributed by atoms with Crippen molar-refractivity contribution in [1.29, 1.82) is 0 Å². The van der Waals surface area contributed by atoms with Crippen LogP contribution in [-0.2, 0) is 15.9 Å². The molecule has 12 heteroatoms. The lowest BCUT2D eigenvalue weighted by molar-refractivity contribution is -0.301. The lowest BCUT2D eigenvalue weighted by atomic mass is 9.99. The second-order valence-electron chi connectivity index (χ2n) is 8.69. The van der Waals surface area contributed by atoms with Crippen LogP contribution >= 0.6 is 0 Å². The first-order valence-corrected chi connectivity index (χ1v) is 11.8. The van der Waals surface area contributed by atoms with Crippen LogP contribution in [-0.4, -0.2) is 105 Å². The van der Waals surface area contributed by atoms with Crippen LogP contribution in [0, 0.1) is 0 Å². The number of aryl methyl sites for hydroxylation is 1. The minimum Gasteiger partial charge on any atom is -0.504 e. The predicted octanol–water partition coefficient (Wildman–Crippen LogP) is -0.671. The summed E-state index contributed by atoms with van der Waals surface area (Å²) in [5.41, 5.74) is 1.07. The van der Waals surface area contributed by atoms with Crippen LogP contribution in [0.25, 0.3) is 0 Å². The summed E-state index contributed by atoms with van der Waals surface area (Å²) < 4.78 is 21.4. The van der Waals surface area contributed by atoms with E-state index >= 15 is 0 Å². The number of phenolic OH excluding ortho intramolecular Hbond substituents is 2. The molecule has 8 N–H and O–H groups in total. The Morgan fingerprint density at radius 2 is 1.68 bits per heavy atom. The molecule has 1 heterocycles. The van der Waals surface area contributed by atoms with Gasteiger partial charge in [0.2, 0.25) is 0 Å². The topological polar surface area (TPSA) is 199 Å². The highest BCUT2D eigenvalue weighted by Gasteiger charge is 2.43. The third-order valence-electron chi connectivity index (χ3n) is 6.12. The number of phenols is 2. The summed E-state index contributed by atoms with van der Waals surface area (Å²) in [6.07, 6.45) is -8.19. The van der Waals surface area contributed by atoms with Crippen molar-refractivity contribution in [2.45, 2.75) is 55.8 Å². The first-order valence-electron chi connectivity index (χ1n) is 11.8. The lowest BCUT2D eigenvalue weighted by Crippen LogP contribution is -2.59. The second kappa shape index (κ2) is 13.2. The Hall–Kier alpha value is -2.68. The van der Waals surface area contributed by atoms with Crippen molar-refractivity contribution < 1.29 is 59.8 Å². The number of aliphatic hydroxyl groups is 6. The molecule has 0 aliphatic carbocycles. The first-order chi connectivity index (χ1) is 17.7. The molecule has 2 unspecified atom stereocenters. The molecule has 2 aromatic rings. The van der Waals surface area contributed by atoms with Gasteiger partial charge in [-0.15, -0.1) is 0 Å². The van der Waals surface area contributed by atoms with E-state index < -0.39 is 56.1 Å². The van der Waals surface area contributed by atoms with E-state index in [1.807, 2.05) is 0 Å². The zero-order valence-electron chi connectivity index (χ0n) is 20.3. The number of rotatable bonds is 12. The Balaban J connectivity index is 1.54. The normalized spacial score (nSPS) is 25.4. The molecule has 37 heavy (non-hydrogen) atoms. The van der Waals surface area contributed by atoms with Crippen LogP contribution in [0.1, 0.15) is 23.7 Å². The molecule has 0 spiro atoms. The van der Waals surface area contributed by atoms with Gasteiger partial charge in [-0.1, -0.05) is 12.1 Å². The Morgan fingerprint density at radius 1 is 0.919 bits per heavy atom. The molecule has 206 valence electrons. The van der Waals surface area contributed by atoms with E-state index in [4.69, 9.17) is 18.9 Å². The number of ether oxygens (including phenoxy) is 4. The van der Waals surface area contributed by atoms with E-state index in [0.717, 1.165) is 5.56 Å². The monoisotopic (exact) mass is 526 g/mol. The van der Waals surface area contributed by atoms with Gasteiger partial charge in [0.25, 0.3) is 0 Å². The minimum absolute atomic E-state index is 0.0464. The standard InChI is InChI=1S/C25H34O12/c1-34-18-10-14(5-6-15(18)28)21(30)19(11-26)36-17-7-4-13(9-16(17)29)3-2-8-35-25-24(33)23(32)22(31)20(12-27)37-25/h4-7,9-10,19-33H,2-3,8,11-12H2,1H3/t19?,20-,21?,22-,23+,24-,25-/m1/s1. The predicted molar refractivity (Wildman–Crippen MR) is 127 cm³/mol. The molecule has 12 nitrogen and oxygen atoms in total. The summed E-state index contributed by atoms with van der Waals surface area (Å²) in [5.74, 6) is -0.117. The van der Waals surface area contributed by atoms with Crippen molar-refractivity contribution in [1.82, 2.24) is 0 Å². The van der Waals surface area contributed by atoms with E-state index in [-0.39, 0.29) is 29.6 Å². The van der Waals surface area contributed by atoms with Gasteiger partial charge in [-0.3, -0.25) is 0 Å². The number of hydrogen-bond donors (Lipinski definition) is 8. The molecule has 1 saturated heterocycles. The molecule has 0 bridgehead atoms. The number of aliphatic hydroxyl groups excluding tert-OH is 6. The Morgan fingerprint density at radius 3 is 2.32 bits per heavy atom. The Bertz CT molecular complexity index is 1000. The fourth-order valence-corrected chi connectivity index (χ4v) is 3.96. The third-order valence-corrected chi connectivity index (χ3v) is 6.12. The summed E-state index contributed by atoms with van der Waals surface area (Å²) in [6, 6.07) is 8.88. The largest absolute Gasteiger partial charge is 0.504 e. The van der Waals surface area contributed by atoms with Gasteiger partial charge in [-0.25, -0.2) is 0 Å². The van der Waals surface area contributed by atoms with Gasteiger partial charge in [-0.2, -0.15) is 0 Å². The average molecular weight is 527 g/mol. The summed E-state index contributed by atoms with van der Waals surface area (Å²) in [4.78, 5) is 0. The van der Waals surface area contributed by atoms with Crippen LogP contribution in [0.5, 0.6) is 23.0 Å². The molecule has 2 aromatic carbocycles. The molecule has 1 aliphatic heterocycles. The summed E-state index contributed by atoms with van der Waals surface area (Å²) in [5, 5.41) is 79.4. The van der Waals surface area contributed by atoms with Gasteiger partial charge >= 0.3 is 0 Å². The highest BCUT2D eigenvalue weighted by molar-refractivity contribution is 5.44. The number of methoxy groups -OCH3 is 1. The molecule has 3 rings (SSSR count). The van der Waals surface area contributed by atoms with Crippen LogP contribution in [0.3, 0.4) is 0 Å². The molecule has 0 aromatic heterocycles. The quantitative estimate of drug-likeness (QED) is 0.163. The maximum Gasteiger partial charge on any atom is 0.186 e. The SMILES string of the molecule is COc1cc(C(O)C(CO)Oc2ccc(CCCO[C@@H]3O[C@H](CO)[C@@H](O)[C@H](O)[C@H]3O)cc2O)ccc1O. The molecular weight excluding hydrogens is 492 g/mol. The highest BCUT2D eigenvalue weighted by atomic mass is 16.7. The van der Waals surface area contributed by atoms with Gasteiger partial charge in [-0.05, 0) is 48.2 Å². The Kier molecular flexibility index (Phi) is 10.3. The van der Waals surface area contributed by atoms with Crippen LogP contribution < -0.4 is 9.47 Å². The highest BCUT2D eigenvalue weighted by Crippen LogP contribution is 2.33. The van der Waals surface area contributed by atoms with E-state index in [9.17, 15) is 40.9 Å². The van der Waals surface area contributed by atoms with Crippen LogP contribution in [0.15, 0.2) is 36.4 Å². The number of hydrogen-bond acceptors (Lipinski definition) is 12. The maximum absolute atomic E-state index is 10.6. The van der Waals surface area contributed by atoms with Crippen molar-refractivity contribution in [3.63, 3.8) is 0 Å². The second-order valence-corrected chi connectivity index (χ2v) is 8.69. The van der Waals surface area contributed by atoms with E-state index in [2.05, 4.69) is 0 Å². The van der Waals surface area contributed by atoms with E-state index in [1.165, 1.54) is 37.4 Å². The lowest BCUT2D eigenvalue weighted by Gasteiger charge is -2.39. The number of aromatic hydroxyl groups is 2. The molecule has 1 aliphatic rings. The summed E-state index contributed by atoms with van der Waals surface area (Å²) in [7, 11) is 1.37. The van der Waals surface area contributed by atoms with Gasteiger partial charge < -0.3 is 59.8 Å². The molecule has 7 atom stereocenters. The summed E-state index contributed by atoms with van der Waals surface area (Å²) in [6.45, 7) is -0.979. The smallest absolute Gasteiger partial charge is 0.186 e. The molecule has 0 radical (unpaired) electrons. The third kappa shape index (κ3) is 7.00. The molecule has 1 fully saturated rings. The van der Waals surface area contributed by atoms with Gasteiger partial charge in [0.05, 0.1) is 26.9 Å². The zero-order chi connectivity index (χ0) is 27.1. The van der Waals surface area contributed by atoms with Crippen molar-refractivity contribution in [2.24, 2.45) is 0 Å². The van der Waals surface area contributed by atoms with Crippen LogP contribution in [0.4, 0.5) is 0 Å². The Labute approximate surface area is 213 Å². The number of benzene rings is 2. The fourth-order valence-electron chi connectivity index (χ4n) is 3.96. The van der Waals surface area contributed by atoms with Gasteiger partial charge in [0.1, 0.15) is 30.5 Å². The molecule has 0 amide bonds. The maximum atomic E-state index is 10.6. The van der Waals surface area contributed by atoms with Gasteiger partial charge in [0, 0.05) is 0 Å². The zero-order valence-corrected chi connectivity index (χ0v) is 20.3. The van der Waals surface area contributed by atoms with Gasteiger partial charge in [0.15, 0.2) is 35.4 Å². The van der Waals surface area contributed by atoms with Crippen molar-refractivity contribution in [3.05, 3.63) is 47.5 Å². The first kappa shape index (κ1) is 28.9.